The fourth-order valence-electron chi connectivity index (χ4n) is 2.31. The topological polar surface area (TPSA) is 79.8 Å². The molecule has 0 fully saturated rings. The van der Waals surface area contributed by atoms with E-state index in [2.05, 4.69) is 15.5 Å². The number of hydrogen-bond acceptors (Lipinski definition) is 4. The molecule has 1 unspecified atom stereocenters. The Morgan fingerprint density at radius 2 is 2.29 bits per heavy atom. The number of aryl methyl sites for hydroxylation is 1. The van der Waals surface area contributed by atoms with Gasteiger partial charge in [0.25, 0.3) is 5.56 Å². The number of carbonyl (C=O) groups excluding carboxylic acids is 1. The summed E-state index contributed by atoms with van der Waals surface area (Å²) in [5.41, 5.74) is 1.39. The summed E-state index contributed by atoms with van der Waals surface area (Å²) in [4.78, 5) is 24.6. The lowest BCUT2D eigenvalue weighted by atomic mass is 10.2. The monoisotopic (exact) mass is 308 g/mol. The Hall–Kier alpha value is -1.76. The highest BCUT2D eigenvalue weighted by molar-refractivity contribution is 7.98. The van der Waals surface area contributed by atoms with E-state index in [1.165, 1.54) is 0 Å². The number of amides is 1. The number of thioether (sulfide) groups is 1. The number of anilines is 1. The Balaban J connectivity index is 2.42. The molecule has 0 saturated heterocycles. The summed E-state index contributed by atoms with van der Waals surface area (Å²) in [5, 5.41) is 10.1. The molecule has 0 aromatic carbocycles. The molecule has 2 aromatic heterocycles. The third kappa shape index (κ3) is 2.97. The highest BCUT2D eigenvalue weighted by Gasteiger charge is 2.18. The lowest BCUT2D eigenvalue weighted by Gasteiger charge is -2.10. The number of aromatic amines is 1. The van der Waals surface area contributed by atoms with Gasteiger partial charge in [0, 0.05) is 23.9 Å². The smallest absolute Gasteiger partial charge is 0.264 e. The summed E-state index contributed by atoms with van der Waals surface area (Å²) in [6, 6.07) is 1.87. The fourth-order valence-corrected chi connectivity index (χ4v) is 2.96. The van der Waals surface area contributed by atoms with Gasteiger partial charge in [-0.25, -0.2) is 0 Å². The second-order valence-corrected chi connectivity index (χ2v) is 5.95. The summed E-state index contributed by atoms with van der Waals surface area (Å²) in [6.45, 7) is 6.24. The van der Waals surface area contributed by atoms with Crippen LogP contribution in [-0.2, 0) is 11.3 Å². The van der Waals surface area contributed by atoms with Crippen molar-refractivity contribution in [2.75, 3.05) is 17.3 Å². The van der Waals surface area contributed by atoms with Crippen LogP contribution in [0, 0.1) is 12.8 Å². The Morgan fingerprint density at radius 3 is 2.90 bits per heavy atom. The molecule has 0 aliphatic carbocycles. The summed E-state index contributed by atoms with van der Waals surface area (Å²) in [5.74, 6) is 0.786. The molecular weight excluding hydrogens is 288 g/mol. The van der Waals surface area contributed by atoms with Crippen molar-refractivity contribution in [3.05, 3.63) is 22.1 Å². The molecule has 114 valence electrons. The summed E-state index contributed by atoms with van der Waals surface area (Å²) in [6.07, 6.45) is 1.95. The predicted molar refractivity (Wildman–Crippen MR) is 86.9 cm³/mol. The van der Waals surface area contributed by atoms with E-state index in [0.717, 1.165) is 11.4 Å². The fraction of sp³-hybridized carbons (Fsp3) is 0.500. The molecule has 7 heteroatoms. The molecule has 2 N–H and O–H groups in total. The first-order valence-corrected chi connectivity index (χ1v) is 8.27. The number of fused-ring (bicyclic) bond motifs is 1. The van der Waals surface area contributed by atoms with E-state index in [9.17, 15) is 9.59 Å². The molecule has 1 amide bonds. The van der Waals surface area contributed by atoms with Crippen molar-refractivity contribution in [3.8, 4) is 0 Å². The molecule has 0 aliphatic rings. The molecule has 1 atom stereocenters. The molecule has 0 radical (unpaired) electrons. The lowest BCUT2D eigenvalue weighted by molar-refractivity contribution is -0.118. The van der Waals surface area contributed by atoms with Gasteiger partial charge in [-0.2, -0.15) is 16.9 Å². The van der Waals surface area contributed by atoms with Crippen LogP contribution in [0.5, 0.6) is 0 Å². The molecule has 0 aliphatic heterocycles. The van der Waals surface area contributed by atoms with E-state index >= 15 is 0 Å². The van der Waals surface area contributed by atoms with Gasteiger partial charge in [-0.15, -0.1) is 0 Å². The average Bonchev–Trinajstić information content (AvgIpc) is 2.82. The zero-order valence-corrected chi connectivity index (χ0v) is 13.5. The molecule has 0 saturated carbocycles. The number of hydrogen-bond donors (Lipinski definition) is 2. The first kappa shape index (κ1) is 15.6. The van der Waals surface area contributed by atoms with E-state index < -0.39 is 0 Å². The van der Waals surface area contributed by atoms with Gasteiger partial charge in [-0.3, -0.25) is 14.7 Å². The standard InChI is InChI=1S/C14H20N4O2S/c1-5-18-9(3)6-10-11(14(18)20)12(17-16-10)15-13(19)8(2)7-21-4/h6,8H,5,7H2,1-4H3,(H2,15,16,17,19). The minimum atomic E-state index is -0.134. The first-order valence-electron chi connectivity index (χ1n) is 6.87. The highest BCUT2D eigenvalue weighted by Crippen LogP contribution is 2.18. The third-order valence-corrected chi connectivity index (χ3v) is 4.29. The number of rotatable bonds is 5. The maximum Gasteiger partial charge on any atom is 0.264 e. The Bertz CT molecular complexity index is 720. The molecule has 2 aromatic rings. The number of aromatic nitrogens is 3. The molecule has 2 heterocycles. The van der Waals surface area contributed by atoms with Gasteiger partial charge >= 0.3 is 0 Å². The minimum absolute atomic E-state index is 0.124. The number of nitrogens with zero attached hydrogens (tertiary/aromatic N) is 2. The van der Waals surface area contributed by atoms with E-state index in [1.807, 2.05) is 33.1 Å². The van der Waals surface area contributed by atoms with E-state index in [4.69, 9.17) is 0 Å². The summed E-state index contributed by atoms with van der Waals surface area (Å²) >= 11 is 1.61. The molecule has 6 nitrogen and oxygen atoms in total. The Morgan fingerprint density at radius 1 is 1.57 bits per heavy atom. The summed E-state index contributed by atoms with van der Waals surface area (Å²) < 4.78 is 1.67. The van der Waals surface area contributed by atoms with Crippen LogP contribution in [0.2, 0.25) is 0 Å². The van der Waals surface area contributed by atoms with Crippen LogP contribution >= 0.6 is 11.8 Å². The van der Waals surface area contributed by atoms with Crippen LogP contribution in [0.3, 0.4) is 0 Å². The van der Waals surface area contributed by atoms with Crippen LogP contribution in [0.4, 0.5) is 5.82 Å². The summed E-state index contributed by atoms with van der Waals surface area (Å²) in [7, 11) is 0. The third-order valence-electron chi connectivity index (χ3n) is 3.45. The van der Waals surface area contributed by atoms with Gasteiger partial charge in [0.05, 0.1) is 5.52 Å². The second-order valence-electron chi connectivity index (χ2n) is 5.04. The van der Waals surface area contributed by atoms with Crippen LogP contribution in [0.1, 0.15) is 19.5 Å². The Labute approximate surface area is 127 Å². The molecule has 2 rings (SSSR count). The second kappa shape index (κ2) is 6.34. The first-order chi connectivity index (χ1) is 9.99. The number of pyridine rings is 1. The van der Waals surface area contributed by atoms with Gasteiger partial charge < -0.3 is 9.88 Å². The minimum Gasteiger partial charge on any atom is -0.312 e. The highest BCUT2D eigenvalue weighted by atomic mass is 32.2. The van der Waals surface area contributed by atoms with Crippen molar-refractivity contribution in [2.45, 2.75) is 27.3 Å². The predicted octanol–water partition coefficient (Wildman–Crippen LogP) is 1.99. The quantitative estimate of drug-likeness (QED) is 0.885. The van der Waals surface area contributed by atoms with Gasteiger partial charge in [-0.05, 0) is 26.2 Å². The van der Waals surface area contributed by atoms with Gasteiger partial charge in [0.2, 0.25) is 5.91 Å². The SMILES string of the molecule is CCn1c(C)cc2[nH]nc(NC(=O)C(C)CSC)c2c1=O. The maximum absolute atomic E-state index is 12.5. The molecule has 0 spiro atoms. The van der Waals surface area contributed by atoms with Crippen LogP contribution in [0.25, 0.3) is 10.9 Å². The zero-order valence-electron chi connectivity index (χ0n) is 12.7. The number of carbonyl (C=O) groups is 1. The Kier molecular flexibility index (Phi) is 4.72. The number of H-pyrrole nitrogens is 1. The number of nitrogens with one attached hydrogen (secondary N) is 2. The zero-order chi connectivity index (χ0) is 15.6. The van der Waals surface area contributed by atoms with Crippen LogP contribution in [-0.4, -0.2) is 32.7 Å². The van der Waals surface area contributed by atoms with Crippen molar-refractivity contribution in [3.63, 3.8) is 0 Å². The van der Waals surface area contributed by atoms with Gasteiger partial charge in [0.1, 0.15) is 5.39 Å². The van der Waals surface area contributed by atoms with Crippen LogP contribution in [0.15, 0.2) is 10.9 Å². The van der Waals surface area contributed by atoms with Crippen molar-refractivity contribution in [2.24, 2.45) is 5.92 Å². The average molecular weight is 308 g/mol. The van der Waals surface area contributed by atoms with Crippen molar-refractivity contribution < 1.29 is 4.79 Å². The van der Waals surface area contributed by atoms with Crippen molar-refractivity contribution in [1.29, 1.82) is 0 Å². The van der Waals surface area contributed by atoms with Gasteiger partial charge in [-0.1, -0.05) is 6.92 Å². The van der Waals surface area contributed by atoms with Crippen LogP contribution < -0.4 is 10.9 Å². The molecule has 21 heavy (non-hydrogen) atoms. The lowest BCUT2D eigenvalue weighted by Crippen LogP contribution is -2.25. The molecule has 0 bridgehead atoms. The normalized spacial score (nSPS) is 12.6. The largest absolute Gasteiger partial charge is 0.312 e. The van der Waals surface area contributed by atoms with E-state index in [1.54, 1.807) is 16.3 Å². The van der Waals surface area contributed by atoms with E-state index in [0.29, 0.717) is 23.3 Å². The molecular formula is C14H20N4O2S. The van der Waals surface area contributed by atoms with Crippen molar-refractivity contribution in [1.82, 2.24) is 14.8 Å². The van der Waals surface area contributed by atoms with Gasteiger partial charge in [0.15, 0.2) is 5.82 Å². The van der Waals surface area contributed by atoms with Crippen molar-refractivity contribution >= 4 is 34.4 Å². The van der Waals surface area contributed by atoms with E-state index in [-0.39, 0.29) is 17.4 Å². The maximum atomic E-state index is 12.5.